The molecule has 1 fully saturated rings. The number of hydrogen-bond donors (Lipinski definition) is 3. The van der Waals surface area contributed by atoms with Crippen LogP contribution in [0.15, 0.2) is 24.4 Å². The molecule has 2 aliphatic heterocycles. The topological polar surface area (TPSA) is 115 Å². The third-order valence-electron chi connectivity index (χ3n) is 6.03. The van der Waals surface area contributed by atoms with Crippen LogP contribution >= 0.6 is 0 Å². The molecule has 1 aromatic carbocycles. The summed E-state index contributed by atoms with van der Waals surface area (Å²) in [6.45, 7) is 9.64. The van der Waals surface area contributed by atoms with Crippen molar-refractivity contribution in [2.75, 3.05) is 17.2 Å². The normalized spacial score (nSPS) is 20.2. The summed E-state index contributed by atoms with van der Waals surface area (Å²) in [5.74, 6) is 1.59. The first-order valence-corrected chi connectivity index (χ1v) is 10.6. The lowest BCUT2D eigenvalue weighted by Gasteiger charge is -2.28. The smallest absolute Gasteiger partial charge is 0.229 e. The minimum Gasteiger partial charge on any atom is -0.483 e. The first kappa shape index (κ1) is 20.6. The van der Waals surface area contributed by atoms with Gasteiger partial charge in [0.25, 0.3) is 0 Å². The van der Waals surface area contributed by atoms with Crippen LogP contribution in [-0.4, -0.2) is 47.8 Å². The van der Waals surface area contributed by atoms with Crippen LogP contribution in [0.4, 0.5) is 21.8 Å². The summed E-state index contributed by atoms with van der Waals surface area (Å²) >= 11 is 0. The third-order valence-corrected chi connectivity index (χ3v) is 6.03. The molecule has 2 aromatic heterocycles. The van der Waals surface area contributed by atoms with Crippen molar-refractivity contribution < 1.29 is 9.13 Å². The van der Waals surface area contributed by atoms with E-state index >= 15 is 0 Å². The van der Waals surface area contributed by atoms with Crippen molar-refractivity contribution in [2.24, 2.45) is 5.92 Å². The molecule has 0 aliphatic carbocycles. The molecule has 1 unspecified atom stereocenters. The summed E-state index contributed by atoms with van der Waals surface area (Å²) in [6.07, 6.45) is 2.15. The van der Waals surface area contributed by atoms with E-state index in [2.05, 4.69) is 69.1 Å². The molecule has 1 saturated heterocycles. The van der Waals surface area contributed by atoms with E-state index in [9.17, 15) is 4.39 Å². The lowest BCUT2D eigenvalue weighted by molar-refractivity contribution is 0.276. The number of nitrogens with zero attached hydrogens (tertiary/aromatic N) is 6. The Balaban J connectivity index is 1.32. The van der Waals surface area contributed by atoms with Crippen molar-refractivity contribution >= 4 is 17.5 Å². The number of aromatic nitrogens is 6. The zero-order valence-electron chi connectivity index (χ0n) is 18.5. The van der Waals surface area contributed by atoms with Gasteiger partial charge >= 0.3 is 0 Å². The maximum Gasteiger partial charge on any atom is 0.229 e. The van der Waals surface area contributed by atoms with Gasteiger partial charge in [-0.3, -0.25) is 0 Å². The monoisotopic (exact) mass is 439 g/mol. The second-order valence-corrected chi connectivity index (χ2v) is 9.51. The Morgan fingerprint density at radius 2 is 2.12 bits per heavy atom. The van der Waals surface area contributed by atoms with Crippen molar-refractivity contribution in [3.8, 4) is 11.4 Å². The molecule has 0 bridgehead atoms. The van der Waals surface area contributed by atoms with E-state index in [0.717, 1.165) is 6.42 Å². The van der Waals surface area contributed by atoms with Crippen molar-refractivity contribution in [1.82, 2.24) is 35.5 Å². The van der Waals surface area contributed by atoms with Gasteiger partial charge in [-0.25, -0.2) is 9.37 Å². The first-order valence-electron chi connectivity index (χ1n) is 10.6. The van der Waals surface area contributed by atoms with E-state index in [-0.39, 0.29) is 22.8 Å². The van der Waals surface area contributed by atoms with E-state index < -0.39 is 5.82 Å². The van der Waals surface area contributed by atoms with Crippen LogP contribution in [0.5, 0.6) is 5.75 Å². The summed E-state index contributed by atoms with van der Waals surface area (Å²) < 4.78 is 21.7. The average Bonchev–Trinajstić information content (AvgIpc) is 3.29. The summed E-state index contributed by atoms with van der Waals surface area (Å²) in [7, 11) is 0. The van der Waals surface area contributed by atoms with Crippen molar-refractivity contribution in [3.05, 3.63) is 36.0 Å². The molecule has 1 atom stereocenters. The van der Waals surface area contributed by atoms with Crippen molar-refractivity contribution in [3.63, 3.8) is 0 Å². The minimum atomic E-state index is -0.490. The highest BCUT2D eigenvalue weighted by molar-refractivity contribution is 5.63. The Morgan fingerprint density at radius 3 is 2.91 bits per heavy atom. The second kappa shape index (κ2) is 7.37. The van der Waals surface area contributed by atoms with E-state index in [4.69, 9.17) is 4.74 Å². The predicted molar refractivity (Wildman–Crippen MR) is 117 cm³/mol. The van der Waals surface area contributed by atoms with E-state index in [1.165, 1.54) is 6.20 Å². The molecule has 3 aromatic rings. The third kappa shape index (κ3) is 3.83. The number of anilines is 3. The summed E-state index contributed by atoms with van der Waals surface area (Å²) in [5.41, 5.74) is 1.40. The molecule has 3 N–H and O–H groups in total. The molecular formula is C21H26FN9O. The highest BCUT2D eigenvalue weighted by Gasteiger charge is 2.43. The number of halogens is 1. The van der Waals surface area contributed by atoms with Crippen molar-refractivity contribution in [2.45, 2.75) is 51.8 Å². The fraction of sp³-hybridized carbons (Fsp3) is 0.476. The van der Waals surface area contributed by atoms with Gasteiger partial charge < -0.3 is 20.7 Å². The molecular weight excluding hydrogens is 413 g/mol. The maximum absolute atomic E-state index is 14.4. The number of rotatable bonds is 5. The molecule has 0 saturated carbocycles. The molecule has 2 aliphatic rings. The number of fused-ring (bicyclic) bond motifs is 3. The lowest BCUT2D eigenvalue weighted by Crippen LogP contribution is -2.46. The Hall–Kier alpha value is -3.34. The number of benzene rings is 1. The predicted octanol–water partition coefficient (Wildman–Crippen LogP) is 2.81. The molecule has 168 valence electrons. The van der Waals surface area contributed by atoms with Gasteiger partial charge in [0.15, 0.2) is 17.5 Å². The molecule has 0 radical (unpaired) electrons. The SMILES string of the molecule is CC1(C)CC(CNc2nc(Nc3ccc4c(c3)-n3nnnc3CO4)ncc2F)C(C)(C)N1. The van der Waals surface area contributed by atoms with Crippen LogP contribution in [0, 0.1) is 11.7 Å². The van der Waals surface area contributed by atoms with Crippen LogP contribution in [0.1, 0.15) is 39.9 Å². The zero-order valence-corrected chi connectivity index (χ0v) is 18.5. The molecule has 10 nitrogen and oxygen atoms in total. The van der Waals surface area contributed by atoms with Gasteiger partial charge in [-0.15, -0.1) is 5.10 Å². The Bertz CT molecular complexity index is 1160. The quantitative estimate of drug-likeness (QED) is 0.552. The number of ether oxygens (including phenoxy) is 1. The Labute approximate surface area is 185 Å². The maximum atomic E-state index is 14.4. The number of hydrogen-bond acceptors (Lipinski definition) is 9. The molecule has 0 amide bonds. The van der Waals surface area contributed by atoms with Crippen LogP contribution in [0.3, 0.4) is 0 Å². The summed E-state index contributed by atoms with van der Waals surface area (Å²) in [6, 6.07) is 5.49. The van der Waals surface area contributed by atoms with E-state index in [1.807, 2.05) is 18.2 Å². The Morgan fingerprint density at radius 1 is 1.28 bits per heavy atom. The standard InChI is InChI=1S/C21H26FN9O/c1-20(2)8-12(21(3,4)28-20)9-23-18-14(22)10-24-19(26-18)25-13-5-6-16-15(7-13)31-17(11-32-16)27-29-30-31/h5-7,10,12,28H,8-9,11H2,1-4H3,(H2,23,24,25,26). The number of nitrogens with one attached hydrogen (secondary N) is 3. The second-order valence-electron chi connectivity index (χ2n) is 9.51. The fourth-order valence-corrected chi connectivity index (χ4v) is 4.63. The van der Waals surface area contributed by atoms with E-state index in [1.54, 1.807) is 4.68 Å². The lowest BCUT2D eigenvalue weighted by atomic mass is 9.87. The molecule has 5 rings (SSSR count). The molecule has 32 heavy (non-hydrogen) atoms. The minimum absolute atomic E-state index is 0.0441. The van der Waals surface area contributed by atoms with Gasteiger partial charge in [0, 0.05) is 23.3 Å². The summed E-state index contributed by atoms with van der Waals surface area (Å²) in [4.78, 5) is 8.44. The molecule has 4 heterocycles. The van der Waals surface area contributed by atoms with Gasteiger partial charge in [-0.2, -0.15) is 9.67 Å². The van der Waals surface area contributed by atoms with Gasteiger partial charge in [0.05, 0.1) is 6.20 Å². The summed E-state index contributed by atoms with van der Waals surface area (Å²) in [5, 5.41) is 21.6. The van der Waals surface area contributed by atoms with Gasteiger partial charge in [0.1, 0.15) is 18.0 Å². The highest BCUT2D eigenvalue weighted by Crippen LogP contribution is 2.36. The number of tetrazole rings is 1. The van der Waals surface area contributed by atoms with Gasteiger partial charge in [-0.1, -0.05) is 0 Å². The van der Waals surface area contributed by atoms with Crippen LogP contribution in [0.25, 0.3) is 5.69 Å². The average molecular weight is 439 g/mol. The molecule has 11 heteroatoms. The largest absolute Gasteiger partial charge is 0.483 e. The van der Waals surface area contributed by atoms with Gasteiger partial charge in [-0.05, 0) is 68.7 Å². The van der Waals surface area contributed by atoms with Crippen LogP contribution in [0.2, 0.25) is 0 Å². The Kier molecular flexibility index (Phi) is 4.73. The first-order chi connectivity index (χ1) is 15.2. The van der Waals surface area contributed by atoms with Crippen LogP contribution in [-0.2, 0) is 6.61 Å². The molecule has 0 spiro atoms. The highest BCUT2D eigenvalue weighted by atomic mass is 19.1. The zero-order chi connectivity index (χ0) is 22.5. The van der Waals surface area contributed by atoms with E-state index in [0.29, 0.717) is 42.0 Å². The van der Waals surface area contributed by atoms with Gasteiger partial charge in [0.2, 0.25) is 5.95 Å². The van der Waals surface area contributed by atoms with Crippen molar-refractivity contribution in [1.29, 1.82) is 0 Å². The fourth-order valence-electron chi connectivity index (χ4n) is 4.63. The van der Waals surface area contributed by atoms with Crippen LogP contribution < -0.4 is 20.7 Å².